The normalized spacial score (nSPS) is 12.0. The van der Waals surface area contributed by atoms with Gasteiger partial charge in [0.1, 0.15) is 11.5 Å². The number of aromatic amines is 1. The summed E-state index contributed by atoms with van der Waals surface area (Å²) in [6.45, 7) is 1.83. The highest BCUT2D eigenvalue weighted by atomic mass is 35.5. The van der Waals surface area contributed by atoms with Crippen LogP contribution in [0, 0.1) is 5.82 Å². The van der Waals surface area contributed by atoms with Gasteiger partial charge in [-0.15, -0.1) is 0 Å². The standard InChI is InChI=1S/C18H15ClFN3O/c1-11(12-5-7-15(20)8-6-12)21-18(24)17-10-16(22-23-17)13-3-2-4-14(19)9-13/h2-11H,1H3,(H,21,24)(H,22,23). The van der Waals surface area contributed by atoms with Crippen LogP contribution in [0.4, 0.5) is 4.39 Å². The zero-order valence-corrected chi connectivity index (χ0v) is 13.6. The quantitative estimate of drug-likeness (QED) is 0.739. The number of rotatable bonds is 4. The van der Waals surface area contributed by atoms with Crippen molar-refractivity contribution in [3.8, 4) is 11.3 Å². The van der Waals surface area contributed by atoms with Crippen molar-refractivity contribution < 1.29 is 9.18 Å². The summed E-state index contributed by atoms with van der Waals surface area (Å²) in [6, 6.07) is 14.7. The number of hydrogen-bond acceptors (Lipinski definition) is 2. The highest BCUT2D eigenvalue weighted by molar-refractivity contribution is 6.30. The molecule has 0 radical (unpaired) electrons. The van der Waals surface area contributed by atoms with Gasteiger partial charge in [-0.1, -0.05) is 35.9 Å². The van der Waals surface area contributed by atoms with Crippen molar-refractivity contribution in [2.45, 2.75) is 13.0 Å². The van der Waals surface area contributed by atoms with Crippen LogP contribution in [-0.2, 0) is 0 Å². The van der Waals surface area contributed by atoms with Gasteiger partial charge in [0.05, 0.1) is 11.7 Å². The van der Waals surface area contributed by atoms with Crippen LogP contribution in [0.15, 0.2) is 54.6 Å². The molecule has 0 aliphatic rings. The number of nitrogens with zero attached hydrogens (tertiary/aromatic N) is 1. The molecule has 2 N–H and O–H groups in total. The first kappa shape index (κ1) is 16.2. The van der Waals surface area contributed by atoms with Crippen LogP contribution < -0.4 is 5.32 Å². The first-order chi connectivity index (χ1) is 11.5. The van der Waals surface area contributed by atoms with Gasteiger partial charge in [0.25, 0.3) is 5.91 Å². The van der Waals surface area contributed by atoms with Gasteiger partial charge in [0, 0.05) is 10.6 Å². The summed E-state index contributed by atoms with van der Waals surface area (Å²) in [5.41, 5.74) is 2.62. The van der Waals surface area contributed by atoms with Crippen LogP contribution in [0.5, 0.6) is 0 Å². The monoisotopic (exact) mass is 343 g/mol. The van der Waals surface area contributed by atoms with Crippen molar-refractivity contribution in [1.82, 2.24) is 15.5 Å². The first-order valence-corrected chi connectivity index (χ1v) is 7.78. The van der Waals surface area contributed by atoms with Gasteiger partial charge in [-0.05, 0) is 42.8 Å². The molecular weight excluding hydrogens is 329 g/mol. The van der Waals surface area contributed by atoms with E-state index in [4.69, 9.17) is 11.6 Å². The molecule has 1 unspecified atom stereocenters. The number of carbonyl (C=O) groups is 1. The van der Waals surface area contributed by atoms with Gasteiger partial charge in [0.2, 0.25) is 0 Å². The van der Waals surface area contributed by atoms with E-state index in [9.17, 15) is 9.18 Å². The van der Waals surface area contributed by atoms with Gasteiger partial charge in [0.15, 0.2) is 0 Å². The van der Waals surface area contributed by atoms with E-state index in [0.29, 0.717) is 16.4 Å². The van der Waals surface area contributed by atoms with Crippen molar-refractivity contribution in [3.63, 3.8) is 0 Å². The molecule has 122 valence electrons. The molecule has 24 heavy (non-hydrogen) atoms. The van der Waals surface area contributed by atoms with E-state index in [1.807, 2.05) is 19.1 Å². The molecule has 1 heterocycles. The molecule has 6 heteroatoms. The van der Waals surface area contributed by atoms with E-state index in [0.717, 1.165) is 11.1 Å². The number of carbonyl (C=O) groups excluding carboxylic acids is 1. The Hall–Kier alpha value is -2.66. The van der Waals surface area contributed by atoms with Crippen LogP contribution >= 0.6 is 11.6 Å². The van der Waals surface area contributed by atoms with Crippen molar-refractivity contribution in [2.24, 2.45) is 0 Å². The Labute approximate surface area is 143 Å². The summed E-state index contributed by atoms with van der Waals surface area (Å²) in [6.07, 6.45) is 0. The molecule has 0 spiro atoms. The van der Waals surface area contributed by atoms with Crippen molar-refractivity contribution in [2.75, 3.05) is 0 Å². The first-order valence-electron chi connectivity index (χ1n) is 7.40. The van der Waals surface area contributed by atoms with E-state index in [-0.39, 0.29) is 17.8 Å². The van der Waals surface area contributed by atoms with Crippen molar-refractivity contribution in [3.05, 3.63) is 76.7 Å². The Morgan fingerprint density at radius 1 is 1.21 bits per heavy atom. The molecule has 1 atom stereocenters. The minimum absolute atomic E-state index is 0.254. The lowest BCUT2D eigenvalue weighted by atomic mass is 10.1. The lowest BCUT2D eigenvalue weighted by Crippen LogP contribution is -2.26. The molecule has 0 aliphatic carbocycles. The number of benzene rings is 2. The second kappa shape index (κ2) is 6.84. The molecule has 0 saturated carbocycles. The maximum Gasteiger partial charge on any atom is 0.269 e. The fourth-order valence-corrected chi connectivity index (χ4v) is 2.53. The Bertz CT molecular complexity index is 861. The van der Waals surface area contributed by atoms with Crippen molar-refractivity contribution >= 4 is 17.5 Å². The summed E-state index contributed by atoms with van der Waals surface area (Å²) >= 11 is 5.97. The maximum absolute atomic E-state index is 13.0. The maximum atomic E-state index is 13.0. The molecule has 0 bridgehead atoms. The fraction of sp³-hybridized carbons (Fsp3) is 0.111. The molecule has 3 aromatic rings. The molecule has 0 fully saturated rings. The summed E-state index contributed by atoms with van der Waals surface area (Å²) in [4.78, 5) is 12.3. The Kier molecular flexibility index (Phi) is 4.62. The Morgan fingerprint density at radius 2 is 1.96 bits per heavy atom. The highest BCUT2D eigenvalue weighted by Crippen LogP contribution is 2.21. The molecule has 2 aromatic carbocycles. The smallest absolute Gasteiger partial charge is 0.269 e. The molecule has 1 amide bonds. The fourth-order valence-electron chi connectivity index (χ4n) is 2.34. The zero-order valence-electron chi connectivity index (χ0n) is 12.9. The number of nitrogens with one attached hydrogen (secondary N) is 2. The van der Waals surface area contributed by atoms with Gasteiger partial charge in [-0.2, -0.15) is 5.10 Å². The van der Waals surface area contributed by atoms with Crippen LogP contribution in [-0.4, -0.2) is 16.1 Å². The van der Waals surface area contributed by atoms with E-state index in [2.05, 4.69) is 15.5 Å². The third-order valence-corrected chi connectivity index (χ3v) is 3.90. The minimum atomic E-state index is -0.308. The molecular formula is C18H15ClFN3O. The average molecular weight is 344 g/mol. The molecule has 1 aromatic heterocycles. The summed E-state index contributed by atoms with van der Waals surface area (Å²) in [5.74, 6) is -0.593. The summed E-state index contributed by atoms with van der Waals surface area (Å²) < 4.78 is 13.0. The molecule has 3 rings (SSSR count). The summed E-state index contributed by atoms with van der Waals surface area (Å²) in [7, 11) is 0. The zero-order chi connectivity index (χ0) is 17.1. The molecule has 0 aliphatic heterocycles. The number of aromatic nitrogens is 2. The van der Waals surface area contributed by atoms with Crippen molar-refractivity contribution in [1.29, 1.82) is 0 Å². The van der Waals surface area contributed by atoms with Crippen LogP contribution in [0.25, 0.3) is 11.3 Å². The average Bonchev–Trinajstić information content (AvgIpc) is 3.05. The predicted molar refractivity (Wildman–Crippen MR) is 91.3 cm³/mol. The Morgan fingerprint density at radius 3 is 2.67 bits per heavy atom. The lowest BCUT2D eigenvalue weighted by Gasteiger charge is -2.13. The van der Waals surface area contributed by atoms with Crippen LogP contribution in [0.3, 0.4) is 0 Å². The number of H-pyrrole nitrogens is 1. The number of amides is 1. The Balaban J connectivity index is 1.73. The highest BCUT2D eigenvalue weighted by Gasteiger charge is 2.14. The SMILES string of the molecule is CC(NC(=O)c1cc(-c2cccc(Cl)c2)n[nH]1)c1ccc(F)cc1. The third-order valence-electron chi connectivity index (χ3n) is 3.66. The van der Waals surface area contributed by atoms with E-state index < -0.39 is 0 Å². The van der Waals surface area contributed by atoms with Gasteiger partial charge in [-0.3, -0.25) is 9.89 Å². The van der Waals surface area contributed by atoms with E-state index in [1.165, 1.54) is 12.1 Å². The van der Waals surface area contributed by atoms with Gasteiger partial charge < -0.3 is 5.32 Å². The topological polar surface area (TPSA) is 57.8 Å². The van der Waals surface area contributed by atoms with E-state index in [1.54, 1.807) is 30.3 Å². The summed E-state index contributed by atoms with van der Waals surface area (Å²) in [5, 5.41) is 10.3. The molecule has 4 nitrogen and oxygen atoms in total. The van der Waals surface area contributed by atoms with Crippen LogP contribution in [0.1, 0.15) is 29.0 Å². The largest absolute Gasteiger partial charge is 0.344 e. The molecule has 0 saturated heterocycles. The second-order valence-electron chi connectivity index (χ2n) is 5.42. The number of hydrogen-bond donors (Lipinski definition) is 2. The van der Waals surface area contributed by atoms with E-state index >= 15 is 0 Å². The minimum Gasteiger partial charge on any atom is -0.344 e. The second-order valence-corrected chi connectivity index (χ2v) is 5.86. The van der Waals surface area contributed by atoms with Crippen LogP contribution in [0.2, 0.25) is 5.02 Å². The predicted octanol–water partition coefficient (Wildman–Crippen LogP) is 4.36. The van der Waals surface area contributed by atoms with Gasteiger partial charge >= 0.3 is 0 Å². The third kappa shape index (κ3) is 3.63. The lowest BCUT2D eigenvalue weighted by molar-refractivity contribution is 0.0935. The van der Waals surface area contributed by atoms with Gasteiger partial charge in [-0.25, -0.2) is 4.39 Å². The number of halogens is 2.